The normalized spacial score (nSPS) is 15.4. The molecule has 2 aromatic carbocycles. The van der Waals surface area contributed by atoms with E-state index in [0.29, 0.717) is 12.1 Å². The van der Waals surface area contributed by atoms with E-state index < -0.39 is 0 Å². The van der Waals surface area contributed by atoms with Crippen LogP contribution in [0.15, 0.2) is 48.5 Å². The number of rotatable bonds is 7. The Balaban J connectivity index is 1.64. The first-order valence-electron chi connectivity index (χ1n) is 9.60. The van der Waals surface area contributed by atoms with E-state index in [1.165, 1.54) is 0 Å². The topological polar surface area (TPSA) is 54.0 Å². The summed E-state index contributed by atoms with van der Waals surface area (Å²) in [6.07, 6.45) is 0. The number of carbonyl (C=O) groups excluding carboxylic acids is 1. The van der Waals surface area contributed by atoms with Gasteiger partial charge in [-0.2, -0.15) is 0 Å². The number of hydrogen-bond acceptors (Lipinski definition) is 5. The van der Waals surface area contributed by atoms with Gasteiger partial charge in [0.25, 0.3) is 5.91 Å². The smallest absolute Gasteiger partial charge is 0.251 e. The number of amides is 1. The van der Waals surface area contributed by atoms with Gasteiger partial charge in [0.15, 0.2) is 0 Å². The van der Waals surface area contributed by atoms with Crippen molar-refractivity contribution in [3.05, 3.63) is 59.7 Å². The molecule has 1 saturated heterocycles. The molecule has 1 unspecified atom stereocenters. The van der Waals surface area contributed by atoms with Crippen molar-refractivity contribution in [2.45, 2.75) is 6.04 Å². The predicted octanol–water partition coefficient (Wildman–Crippen LogP) is 2.56. The number of anilines is 1. The molecule has 6 nitrogen and oxygen atoms in total. The minimum atomic E-state index is -0.0738. The molecule has 28 heavy (non-hydrogen) atoms. The Morgan fingerprint density at radius 2 is 1.82 bits per heavy atom. The Morgan fingerprint density at radius 3 is 2.46 bits per heavy atom. The average molecular weight is 383 g/mol. The second kappa shape index (κ2) is 9.57. The summed E-state index contributed by atoms with van der Waals surface area (Å²) in [4.78, 5) is 17.0. The van der Waals surface area contributed by atoms with Gasteiger partial charge < -0.3 is 24.6 Å². The van der Waals surface area contributed by atoms with Crippen LogP contribution in [-0.2, 0) is 4.74 Å². The maximum Gasteiger partial charge on any atom is 0.251 e. The molecule has 0 aromatic heterocycles. The molecule has 1 atom stereocenters. The summed E-state index contributed by atoms with van der Waals surface area (Å²) in [6, 6.07) is 15.7. The Kier molecular flexibility index (Phi) is 6.90. The molecular formula is C22H29N3O3. The standard InChI is InChI=1S/C22H29N3O3/c1-24(2)20(19-6-4-5-7-21(19)27-3)16-23-22(26)17-8-10-18(11-9-17)25-12-14-28-15-13-25/h4-11,20H,12-16H2,1-3H3,(H,23,26). The van der Waals surface area contributed by atoms with E-state index in [1.807, 2.05) is 62.6 Å². The van der Waals surface area contributed by atoms with Crippen molar-refractivity contribution in [2.75, 3.05) is 59.0 Å². The van der Waals surface area contributed by atoms with E-state index in [2.05, 4.69) is 15.1 Å². The third-order valence-corrected chi connectivity index (χ3v) is 5.08. The highest BCUT2D eigenvalue weighted by Crippen LogP contribution is 2.27. The number of carbonyl (C=O) groups is 1. The van der Waals surface area contributed by atoms with Gasteiger partial charge in [-0.3, -0.25) is 4.79 Å². The fourth-order valence-electron chi connectivity index (χ4n) is 3.45. The zero-order valence-corrected chi connectivity index (χ0v) is 16.9. The van der Waals surface area contributed by atoms with Crippen molar-refractivity contribution in [3.63, 3.8) is 0 Å². The summed E-state index contributed by atoms with van der Waals surface area (Å²) < 4.78 is 10.9. The maximum atomic E-state index is 12.7. The van der Waals surface area contributed by atoms with Crippen molar-refractivity contribution in [3.8, 4) is 5.75 Å². The molecule has 1 fully saturated rings. The van der Waals surface area contributed by atoms with E-state index in [0.717, 1.165) is 43.3 Å². The second-order valence-corrected chi connectivity index (χ2v) is 7.08. The monoisotopic (exact) mass is 383 g/mol. The summed E-state index contributed by atoms with van der Waals surface area (Å²) >= 11 is 0. The van der Waals surface area contributed by atoms with Crippen LogP contribution in [0.25, 0.3) is 0 Å². The lowest BCUT2D eigenvalue weighted by Crippen LogP contribution is -2.36. The summed E-state index contributed by atoms with van der Waals surface area (Å²) in [5.41, 5.74) is 2.84. The largest absolute Gasteiger partial charge is 0.496 e. The van der Waals surface area contributed by atoms with Crippen LogP contribution < -0.4 is 15.0 Å². The molecule has 0 saturated carbocycles. The molecular weight excluding hydrogens is 354 g/mol. The van der Waals surface area contributed by atoms with Gasteiger partial charge in [-0.1, -0.05) is 18.2 Å². The maximum absolute atomic E-state index is 12.7. The van der Waals surface area contributed by atoms with Crippen molar-refractivity contribution in [2.24, 2.45) is 0 Å². The SMILES string of the molecule is COc1ccccc1C(CNC(=O)c1ccc(N2CCOCC2)cc1)N(C)C. The van der Waals surface area contributed by atoms with Crippen LogP contribution in [0.2, 0.25) is 0 Å². The Hall–Kier alpha value is -2.57. The van der Waals surface area contributed by atoms with Gasteiger partial charge in [-0.15, -0.1) is 0 Å². The van der Waals surface area contributed by atoms with Crippen LogP contribution in [0.4, 0.5) is 5.69 Å². The van der Waals surface area contributed by atoms with E-state index in [-0.39, 0.29) is 11.9 Å². The van der Waals surface area contributed by atoms with Gasteiger partial charge in [0.2, 0.25) is 0 Å². The number of nitrogens with one attached hydrogen (secondary N) is 1. The van der Waals surface area contributed by atoms with Crippen molar-refractivity contribution in [1.29, 1.82) is 0 Å². The number of ether oxygens (including phenoxy) is 2. The lowest BCUT2D eigenvalue weighted by atomic mass is 10.0. The Labute approximate surface area is 167 Å². The molecule has 0 spiro atoms. The molecule has 1 N–H and O–H groups in total. The van der Waals surface area contributed by atoms with Crippen molar-refractivity contribution in [1.82, 2.24) is 10.2 Å². The number of morpholine rings is 1. The number of para-hydroxylation sites is 1. The van der Waals surface area contributed by atoms with Crippen LogP contribution in [-0.4, -0.2) is 64.9 Å². The van der Waals surface area contributed by atoms with Crippen LogP contribution in [0.3, 0.4) is 0 Å². The van der Waals surface area contributed by atoms with Gasteiger partial charge in [0.05, 0.1) is 26.4 Å². The number of nitrogens with zero attached hydrogens (tertiary/aromatic N) is 2. The fraction of sp³-hybridized carbons (Fsp3) is 0.409. The highest BCUT2D eigenvalue weighted by atomic mass is 16.5. The first-order valence-corrected chi connectivity index (χ1v) is 9.60. The van der Waals surface area contributed by atoms with Crippen LogP contribution in [0.5, 0.6) is 5.75 Å². The van der Waals surface area contributed by atoms with Gasteiger partial charge in [0, 0.05) is 36.4 Å². The number of benzene rings is 2. The summed E-state index contributed by atoms with van der Waals surface area (Å²) in [7, 11) is 5.67. The van der Waals surface area contributed by atoms with Crippen molar-refractivity contribution < 1.29 is 14.3 Å². The van der Waals surface area contributed by atoms with E-state index in [9.17, 15) is 4.79 Å². The first kappa shape index (κ1) is 20.2. The van der Waals surface area contributed by atoms with Gasteiger partial charge in [-0.05, 0) is 44.4 Å². The third-order valence-electron chi connectivity index (χ3n) is 5.08. The minimum absolute atomic E-state index is 0.0210. The second-order valence-electron chi connectivity index (χ2n) is 7.08. The average Bonchev–Trinajstić information content (AvgIpc) is 2.74. The molecule has 1 heterocycles. The molecule has 1 amide bonds. The lowest BCUT2D eigenvalue weighted by molar-refractivity contribution is 0.0941. The molecule has 6 heteroatoms. The zero-order chi connectivity index (χ0) is 19.9. The predicted molar refractivity (Wildman–Crippen MR) is 111 cm³/mol. The van der Waals surface area contributed by atoms with Gasteiger partial charge in [-0.25, -0.2) is 0 Å². The Morgan fingerprint density at radius 1 is 1.14 bits per heavy atom. The first-order chi connectivity index (χ1) is 13.6. The van der Waals surface area contributed by atoms with Gasteiger partial charge >= 0.3 is 0 Å². The number of hydrogen-bond donors (Lipinski definition) is 1. The highest BCUT2D eigenvalue weighted by Gasteiger charge is 2.19. The van der Waals surface area contributed by atoms with E-state index >= 15 is 0 Å². The molecule has 150 valence electrons. The quantitative estimate of drug-likeness (QED) is 0.796. The molecule has 0 radical (unpaired) electrons. The highest BCUT2D eigenvalue weighted by molar-refractivity contribution is 5.94. The summed E-state index contributed by atoms with van der Waals surface area (Å²) in [6.45, 7) is 3.76. The molecule has 1 aliphatic heterocycles. The van der Waals surface area contributed by atoms with Gasteiger partial charge in [0.1, 0.15) is 5.75 Å². The molecule has 0 bridgehead atoms. The molecule has 2 aromatic rings. The lowest BCUT2D eigenvalue weighted by Gasteiger charge is -2.29. The molecule has 0 aliphatic carbocycles. The zero-order valence-electron chi connectivity index (χ0n) is 16.9. The number of methoxy groups -OCH3 is 1. The molecule has 3 rings (SSSR count). The van der Waals surface area contributed by atoms with Crippen molar-refractivity contribution >= 4 is 11.6 Å². The van der Waals surface area contributed by atoms with E-state index in [4.69, 9.17) is 9.47 Å². The van der Waals surface area contributed by atoms with E-state index in [1.54, 1.807) is 7.11 Å². The van der Waals surface area contributed by atoms with Crippen LogP contribution >= 0.6 is 0 Å². The van der Waals surface area contributed by atoms with Crippen LogP contribution in [0.1, 0.15) is 22.0 Å². The molecule has 1 aliphatic rings. The van der Waals surface area contributed by atoms with Crippen LogP contribution in [0, 0.1) is 0 Å². The summed E-state index contributed by atoms with van der Waals surface area (Å²) in [5.74, 6) is 0.751. The Bertz CT molecular complexity index is 771. The minimum Gasteiger partial charge on any atom is -0.496 e. The fourth-order valence-corrected chi connectivity index (χ4v) is 3.45. The third kappa shape index (κ3) is 4.82. The number of likely N-dealkylation sites (N-methyl/N-ethyl adjacent to an activating group) is 1. The summed E-state index contributed by atoms with van der Waals surface area (Å²) in [5, 5.41) is 3.06.